The summed E-state index contributed by atoms with van der Waals surface area (Å²) in [6.45, 7) is 0. The van der Waals surface area contributed by atoms with Crippen LogP contribution in [0.1, 0.15) is 16.8 Å². The molecule has 0 saturated carbocycles. The van der Waals surface area contributed by atoms with Crippen LogP contribution in [0.5, 0.6) is 11.5 Å². The molecular weight excluding hydrogens is 438 g/mol. The third-order valence-electron chi connectivity index (χ3n) is 3.98. The monoisotopic (exact) mass is 452 g/mol. The quantitative estimate of drug-likeness (QED) is 0.395. The van der Waals surface area contributed by atoms with Crippen LogP contribution in [0.25, 0.3) is 0 Å². The molecule has 1 atom stereocenters. The zero-order valence-corrected chi connectivity index (χ0v) is 16.6. The molecule has 0 amide bonds. The zero-order valence-electron chi connectivity index (χ0n) is 14.9. The Balaban J connectivity index is 2.07. The molecule has 0 bridgehead atoms. The molecule has 2 aromatic carbocycles. The van der Waals surface area contributed by atoms with Gasteiger partial charge in [-0.2, -0.15) is 8.42 Å². The summed E-state index contributed by atoms with van der Waals surface area (Å²) >= 11 is 0. The maximum absolute atomic E-state index is 11.6. The highest BCUT2D eigenvalue weighted by atomic mass is 32.3. The first-order valence-electron chi connectivity index (χ1n) is 8.14. The maximum atomic E-state index is 11.6. The second kappa shape index (κ2) is 8.01. The number of benzene rings is 2. The van der Waals surface area contributed by atoms with Crippen LogP contribution in [0.15, 0.2) is 72.9 Å². The van der Waals surface area contributed by atoms with Crippen molar-refractivity contribution in [2.45, 2.75) is 5.60 Å². The molecule has 30 heavy (non-hydrogen) atoms. The van der Waals surface area contributed by atoms with Crippen LogP contribution in [-0.4, -0.2) is 36.0 Å². The largest absolute Gasteiger partial charge is 0.716 e. The minimum absolute atomic E-state index is 0.186. The summed E-state index contributed by atoms with van der Waals surface area (Å²) in [5, 5.41) is 11.6. The molecule has 0 fully saturated rings. The summed E-state index contributed by atoms with van der Waals surface area (Å²) in [6, 6.07) is 15.1. The third kappa shape index (κ3) is 5.11. The van der Waals surface area contributed by atoms with E-state index in [1.165, 1.54) is 54.7 Å². The number of aromatic nitrogens is 1. The van der Waals surface area contributed by atoms with Crippen LogP contribution in [0, 0.1) is 0 Å². The fraction of sp³-hybridized carbons (Fsp3) is 0.0556. The highest BCUT2D eigenvalue weighted by Crippen LogP contribution is 2.37. The number of hydrogen-bond acceptors (Lipinski definition) is 9. The second-order valence-corrected chi connectivity index (χ2v) is 7.98. The Morgan fingerprint density at radius 1 is 0.800 bits per heavy atom. The predicted octanol–water partition coefficient (Wildman–Crippen LogP) is 1.39. The molecule has 158 valence electrons. The molecule has 3 rings (SSSR count). The number of hydrogen-bond donors (Lipinski definition) is 2. The molecule has 10 nitrogen and oxygen atoms in total. The van der Waals surface area contributed by atoms with Crippen molar-refractivity contribution in [1.29, 1.82) is 0 Å². The summed E-state index contributed by atoms with van der Waals surface area (Å²) in [7, 11) is -9.67. The molecule has 1 heterocycles. The molecule has 1 aromatic heterocycles. The predicted molar refractivity (Wildman–Crippen MR) is 102 cm³/mol. The van der Waals surface area contributed by atoms with Crippen molar-refractivity contribution in [2.75, 3.05) is 0 Å². The average Bonchev–Trinajstić information content (AvgIpc) is 2.67. The lowest BCUT2D eigenvalue weighted by Gasteiger charge is -2.29. The number of aliphatic hydroxyl groups is 1. The summed E-state index contributed by atoms with van der Waals surface area (Å²) in [6.07, 6.45) is 1.46. The van der Waals surface area contributed by atoms with E-state index in [0.29, 0.717) is 0 Å². The van der Waals surface area contributed by atoms with Gasteiger partial charge in [-0.3, -0.25) is 9.54 Å². The Labute approximate surface area is 172 Å². The highest BCUT2D eigenvalue weighted by Gasteiger charge is 2.35. The molecule has 0 spiro atoms. The van der Waals surface area contributed by atoms with E-state index in [4.69, 9.17) is 4.55 Å². The zero-order chi connectivity index (χ0) is 22.0. The van der Waals surface area contributed by atoms with E-state index < -0.39 is 26.4 Å². The van der Waals surface area contributed by atoms with Crippen molar-refractivity contribution < 1.29 is 39.4 Å². The number of pyridine rings is 1. The minimum atomic E-state index is -4.96. The Morgan fingerprint density at radius 3 is 1.70 bits per heavy atom. The Bertz CT molecular complexity index is 1150. The van der Waals surface area contributed by atoms with Crippen molar-refractivity contribution >= 4 is 20.8 Å². The SMILES string of the molecule is O=S(=O)([O-])Oc1ccc(C(O)(c2ccc(OS(=O)(=O)O)cc2)c2ccccn2)cc1. The molecule has 3 aromatic rings. The lowest BCUT2D eigenvalue weighted by molar-refractivity contribution is 0.121. The summed E-state index contributed by atoms with van der Waals surface area (Å²) in [5.74, 6) is -0.428. The summed E-state index contributed by atoms with van der Waals surface area (Å²) in [5.41, 5.74) is -1.12. The summed E-state index contributed by atoms with van der Waals surface area (Å²) < 4.78 is 71.4. The molecule has 0 aliphatic carbocycles. The molecule has 0 radical (unpaired) electrons. The first-order chi connectivity index (χ1) is 14.0. The van der Waals surface area contributed by atoms with Gasteiger partial charge < -0.3 is 18.0 Å². The van der Waals surface area contributed by atoms with Crippen LogP contribution < -0.4 is 8.37 Å². The van der Waals surface area contributed by atoms with Gasteiger partial charge in [0.05, 0.1) is 5.69 Å². The van der Waals surface area contributed by atoms with Crippen LogP contribution in [0.4, 0.5) is 0 Å². The maximum Gasteiger partial charge on any atom is 0.446 e. The topological polar surface area (TPSA) is 163 Å². The number of rotatable bonds is 7. The minimum Gasteiger partial charge on any atom is -0.716 e. The van der Waals surface area contributed by atoms with Gasteiger partial charge in [-0.15, -0.1) is 0 Å². The molecule has 0 aliphatic rings. The van der Waals surface area contributed by atoms with Crippen LogP contribution in [0.3, 0.4) is 0 Å². The van der Waals surface area contributed by atoms with Crippen molar-refractivity contribution in [1.82, 2.24) is 4.98 Å². The number of nitrogens with zero attached hydrogens (tertiary/aromatic N) is 1. The van der Waals surface area contributed by atoms with Crippen molar-refractivity contribution in [3.05, 3.63) is 89.7 Å². The van der Waals surface area contributed by atoms with E-state index in [1.807, 2.05) is 0 Å². The Hall–Kier alpha value is -3.03. The average molecular weight is 452 g/mol. The van der Waals surface area contributed by atoms with Gasteiger partial charge in [0.25, 0.3) is 10.4 Å². The van der Waals surface area contributed by atoms with E-state index in [1.54, 1.807) is 18.2 Å². The molecule has 1 unspecified atom stereocenters. The van der Waals surface area contributed by atoms with Crippen LogP contribution in [-0.2, 0) is 26.4 Å². The van der Waals surface area contributed by atoms with Gasteiger partial charge >= 0.3 is 10.4 Å². The molecule has 12 heteroatoms. The first-order valence-corrected chi connectivity index (χ1v) is 10.8. The van der Waals surface area contributed by atoms with Gasteiger partial charge in [-0.25, -0.2) is 8.42 Å². The van der Waals surface area contributed by atoms with E-state index in [2.05, 4.69) is 13.4 Å². The van der Waals surface area contributed by atoms with Gasteiger partial charge in [0.2, 0.25) is 0 Å². The molecular formula is C18H14NO9S2-. The van der Waals surface area contributed by atoms with Gasteiger partial charge in [0, 0.05) is 6.20 Å². The van der Waals surface area contributed by atoms with Crippen molar-refractivity contribution in [3.8, 4) is 11.5 Å². The Kier molecular flexibility index (Phi) is 5.78. The van der Waals surface area contributed by atoms with Gasteiger partial charge in [0.1, 0.15) is 11.5 Å². The van der Waals surface area contributed by atoms with E-state index >= 15 is 0 Å². The molecule has 0 aliphatic heterocycles. The van der Waals surface area contributed by atoms with Crippen molar-refractivity contribution in [2.24, 2.45) is 0 Å². The van der Waals surface area contributed by atoms with Crippen molar-refractivity contribution in [3.63, 3.8) is 0 Å². The standard InChI is InChI=1S/C18H15NO9S2/c20-18(17-3-1-2-12-19-17,13-4-8-15(9-5-13)27-29(21,22)23)14-6-10-16(11-7-14)28-30(24,25)26/h1-12,20H,(H,21,22,23)(H,24,25,26)/p-1. The van der Waals surface area contributed by atoms with Gasteiger partial charge in [0.15, 0.2) is 5.60 Å². The third-order valence-corrected chi connectivity index (χ3v) is 4.78. The van der Waals surface area contributed by atoms with Gasteiger partial charge in [-0.05, 0) is 47.5 Å². The highest BCUT2D eigenvalue weighted by molar-refractivity contribution is 7.81. The normalized spacial score (nSPS) is 14.0. The first kappa shape index (κ1) is 21.7. The lowest BCUT2D eigenvalue weighted by Crippen LogP contribution is -2.30. The summed E-state index contributed by atoms with van der Waals surface area (Å²) in [4.78, 5) is 4.17. The smallest absolute Gasteiger partial charge is 0.446 e. The lowest BCUT2D eigenvalue weighted by atomic mass is 9.83. The Morgan fingerprint density at radius 2 is 1.30 bits per heavy atom. The van der Waals surface area contributed by atoms with Crippen LogP contribution >= 0.6 is 0 Å². The fourth-order valence-corrected chi connectivity index (χ4v) is 3.48. The fourth-order valence-electron chi connectivity index (χ4n) is 2.78. The van der Waals surface area contributed by atoms with E-state index in [0.717, 1.165) is 0 Å². The molecule has 2 N–H and O–H groups in total. The van der Waals surface area contributed by atoms with Gasteiger partial charge in [-0.1, -0.05) is 30.3 Å². The van der Waals surface area contributed by atoms with E-state index in [9.17, 15) is 26.5 Å². The van der Waals surface area contributed by atoms with Crippen LogP contribution in [0.2, 0.25) is 0 Å². The van der Waals surface area contributed by atoms with E-state index in [-0.39, 0.29) is 28.3 Å². The molecule has 0 saturated heterocycles. The second-order valence-electron chi connectivity index (χ2n) is 5.98.